The van der Waals surface area contributed by atoms with E-state index in [1.54, 1.807) is 18.5 Å². The molecule has 1 aliphatic heterocycles. The van der Waals surface area contributed by atoms with Gasteiger partial charge in [0.05, 0.1) is 25.0 Å². The van der Waals surface area contributed by atoms with Crippen LogP contribution in [0.5, 0.6) is 5.75 Å². The van der Waals surface area contributed by atoms with E-state index < -0.39 is 17.6 Å². The number of aliphatic hydroxyl groups excluding tert-OH is 2. The average Bonchev–Trinajstić information content (AvgIpc) is 2.94. The van der Waals surface area contributed by atoms with E-state index in [0.717, 1.165) is 12.8 Å². The van der Waals surface area contributed by atoms with Crippen molar-refractivity contribution < 1.29 is 24.5 Å². The number of aliphatic hydroxyl groups is 2. The van der Waals surface area contributed by atoms with Crippen LogP contribution in [-0.4, -0.2) is 59.7 Å². The molecule has 1 amide bonds. The number of pyridine rings is 1. The summed E-state index contributed by atoms with van der Waals surface area (Å²) >= 11 is 0. The number of carbonyl (C=O) groups is 1. The Kier molecular flexibility index (Phi) is 5.88. The van der Waals surface area contributed by atoms with Crippen LogP contribution in [0.4, 0.5) is 0 Å². The summed E-state index contributed by atoms with van der Waals surface area (Å²) in [6.45, 7) is 1.91. The van der Waals surface area contributed by atoms with Crippen molar-refractivity contribution in [2.24, 2.45) is 11.3 Å². The van der Waals surface area contributed by atoms with Crippen molar-refractivity contribution in [1.29, 1.82) is 0 Å². The zero-order chi connectivity index (χ0) is 17.7. The quantitative estimate of drug-likeness (QED) is 0.691. The molecule has 2 aliphatic rings. The van der Waals surface area contributed by atoms with Gasteiger partial charge in [0.15, 0.2) is 0 Å². The number of hydrogen-bond donors (Lipinski definition) is 3. The second-order valence-corrected chi connectivity index (χ2v) is 7.12. The van der Waals surface area contributed by atoms with Crippen molar-refractivity contribution in [2.45, 2.75) is 37.9 Å². The van der Waals surface area contributed by atoms with Crippen LogP contribution in [-0.2, 0) is 9.53 Å². The average molecular weight is 350 g/mol. The molecule has 1 saturated heterocycles. The first-order chi connectivity index (χ1) is 12.1. The lowest BCUT2D eigenvalue weighted by molar-refractivity contribution is -0.128. The third-order valence-electron chi connectivity index (χ3n) is 5.14. The number of aromatic nitrogens is 1. The molecule has 1 aromatic rings. The summed E-state index contributed by atoms with van der Waals surface area (Å²) in [5, 5.41) is 23.0. The summed E-state index contributed by atoms with van der Waals surface area (Å²) in [5.74, 6) is 0.620. The van der Waals surface area contributed by atoms with Crippen LogP contribution in [0, 0.1) is 11.3 Å². The fourth-order valence-corrected chi connectivity index (χ4v) is 3.60. The van der Waals surface area contributed by atoms with Crippen LogP contribution in [0.15, 0.2) is 24.5 Å². The molecular formula is C18H26N2O5. The molecule has 0 aromatic carbocycles. The number of ether oxygens (including phenoxy) is 2. The van der Waals surface area contributed by atoms with E-state index in [1.165, 1.54) is 0 Å². The lowest BCUT2D eigenvalue weighted by Crippen LogP contribution is -2.43. The molecule has 0 spiro atoms. The Morgan fingerprint density at radius 3 is 2.68 bits per heavy atom. The summed E-state index contributed by atoms with van der Waals surface area (Å²) in [6, 6.07) is 3.59. The molecule has 2 unspecified atom stereocenters. The van der Waals surface area contributed by atoms with E-state index in [0.29, 0.717) is 45.0 Å². The molecule has 1 aromatic heterocycles. The SMILES string of the molecule is O=C(NCC1(COc2cccnc2)CC(O)C(O)C1)C1CCOCC1. The lowest BCUT2D eigenvalue weighted by atomic mass is 9.86. The predicted octanol–water partition coefficient (Wildman–Crippen LogP) is 0.505. The predicted molar refractivity (Wildman–Crippen MR) is 90.0 cm³/mol. The van der Waals surface area contributed by atoms with Crippen molar-refractivity contribution in [1.82, 2.24) is 10.3 Å². The Balaban J connectivity index is 1.60. The van der Waals surface area contributed by atoms with Gasteiger partial charge in [-0.15, -0.1) is 0 Å². The molecule has 7 nitrogen and oxygen atoms in total. The Morgan fingerprint density at radius 2 is 2.04 bits per heavy atom. The van der Waals surface area contributed by atoms with Gasteiger partial charge in [0, 0.05) is 37.3 Å². The smallest absolute Gasteiger partial charge is 0.223 e. The molecule has 25 heavy (non-hydrogen) atoms. The first kappa shape index (κ1) is 18.1. The number of nitrogens with zero attached hydrogens (tertiary/aromatic N) is 1. The second-order valence-electron chi connectivity index (χ2n) is 7.12. The maximum absolute atomic E-state index is 12.4. The maximum Gasteiger partial charge on any atom is 0.223 e. The largest absolute Gasteiger partial charge is 0.491 e. The molecule has 7 heteroatoms. The van der Waals surface area contributed by atoms with Crippen LogP contribution in [0.2, 0.25) is 0 Å². The highest BCUT2D eigenvalue weighted by Gasteiger charge is 2.45. The van der Waals surface area contributed by atoms with Gasteiger partial charge in [-0.3, -0.25) is 9.78 Å². The molecule has 2 atom stereocenters. The molecule has 138 valence electrons. The third kappa shape index (κ3) is 4.68. The third-order valence-corrected chi connectivity index (χ3v) is 5.14. The normalized spacial score (nSPS) is 30.2. The minimum Gasteiger partial charge on any atom is -0.491 e. The first-order valence-electron chi connectivity index (χ1n) is 8.82. The molecule has 1 saturated carbocycles. The van der Waals surface area contributed by atoms with Gasteiger partial charge in [-0.05, 0) is 37.8 Å². The van der Waals surface area contributed by atoms with E-state index in [2.05, 4.69) is 10.3 Å². The molecule has 3 N–H and O–H groups in total. The van der Waals surface area contributed by atoms with Gasteiger partial charge >= 0.3 is 0 Å². The van der Waals surface area contributed by atoms with E-state index in [9.17, 15) is 15.0 Å². The summed E-state index contributed by atoms with van der Waals surface area (Å²) in [5.41, 5.74) is -0.491. The number of rotatable bonds is 6. The monoisotopic (exact) mass is 350 g/mol. The highest BCUT2D eigenvalue weighted by Crippen LogP contribution is 2.38. The zero-order valence-electron chi connectivity index (χ0n) is 14.3. The van der Waals surface area contributed by atoms with Crippen LogP contribution >= 0.6 is 0 Å². The molecule has 2 fully saturated rings. The Morgan fingerprint density at radius 1 is 1.32 bits per heavy atom. The Hall–Kier alpha value is -1.70. The van der Waals surface area contributed by atoms with Gasteiger partial charge in [0.2, 0.25) is 5.91 Å². The van der Waals surface area contributed by atoms with Crippen LogP contribution in [0.1, 0.15) is 25.7 Å². The van der Waals surface area contributed by atoms with Gasteiger partial charge in [-0.1, -0.05) is 0 Å². The summed E-state index contributed by atoms with van der Waals surface area (Å²) < 4.78 is 11.1. The molecule has 2 heterocycles. The van der Waals surface area contributed by atoms with Crippen LogP contribution in [0.25, 0.3) is 0 Å². The van der Waals surface area contributed by atoms with Gasteiger partial charge in [0.25, 0.3) is 0 Å². The molecule has 1 aliphatic carbocycles. The van der Waals surface area contributed by atoms with Crippen LogP contribution < -0.4 is 10.1 Å². The van der Waals surface area contributed by atoms with Crippen LogP contribution in [0.3, 0.4) is 0 Å². The number of hydrogen-bond acceptors (Lipinski definition) is 6. The van der Waals surface area contributed by atoms with Gasteiger partial charge < -0.3 is 25.0 Å². The van der Waals surface area contributed by atoms with Gasteiger partial charge in [0.1, 0.15) is 5.75 Å². The maximum atomic E-state index is 12.4. The van der Waals surface area contributed by atoms with Gasteiger partial charge in [-0.25, -0.2) is 0 Å². The topological polar surface area (TPSA) is 101 Å². The summed E-state index contributed by atoms with van der Waals surface area (Å²) in [4.78, 5) is 16.4. The zero-order valence-corrected chi connectivity index (χ0v) is 14.3. The van der Waals surface area contributed by atoms with Gasteiger partial charge in [-0.2, -0.15) is 0 Å². The van der Waals surface area contributed by atoms with E-state index in [4.69, 9.17) is 9.47 Å². The fraction of sp³-hybridized carbons (Fsp3) is 0.667. The second kappa shape index (κ2) is 8.12. The first-order valence-corrected chi connectivity index (χ1v) is 8.82. The van der Waals surface area contributed by atoms with Crippen molar-refractivity contribution >= 4 is 5.91 Å². The minimum absolute atomic E-state index is 0.0138. The highest BCUT2D eigenvalue weighted by molar-refractivity contribution is 5.78. The van der Waals surface area contributed by atoms with Crippen molar-refractivity contribution in [3.63, 3.8) is 0 Å². The molecular weight excluding hydrogens is 324 g/mol. The summed E-state index contributed by atoms with van der Waals surface area (Å²) in [6.07, 6.45) is 3.95. The highest BCUT2D eigenvalue weighted by atomic mass is 16.5. The van der Waals surface area contributed by atoms with E-state index in [-0.39, 0.29) is 11.8 Å². The standard InChI is InChI=1S/C18H26N2O5/c21-15-8-18(9-16(15)22,12-25-14-2-1-5-19-10-14)11-20-17(23)13-3-6-24-7-4-13/h1-2,5,10,13,15-16,21-22H,3-4,6-9,11-12H2,(H,20,23). The van der Waals surface area contributed by atoms with Crippen molar-refractivity contribution in [3.8, 4) is 5.75 Å². The fourth-order valence-electron chi connectivity index (χ4n) is 3.60. The molecule has 3 rings (SSSR count). The number of amides is 1. The number of carbonyl (C=O) groups excluding carboxylic acids is 1. The lowest BCUT2D eigenvalue weighted by Gasteiger charge is -2.30. The molecule has 0 radical (unpaired) electrons. The molecule has 0 bridgehead atoms. The summed E-state index contributed by atoms with van der Waals surface area (Å²) in [7, 11) is 0. The van der Waals surface area contributed by atoms with Crippen molar-refractivity contribution in [3.05, 3.63) is 24.5 Å². The van der Waals surface area contributed by atoms with Crippen molar-refractivity contribution in [2.75, 3.05) is 26.4 Å². The van der Waals surface area contributed by atoms with E-state index in [1.807, 2.05) is 6.07 Å². The Labute approximate surface area is 147 Å². The number of nitrogens with one attached hydrogen (secondary N) is 1. The Bertz CT molecular complexity index is 552. The minimum atomic E-state index is -0.794. The van der Waals surface area contributed by atoms with E-state index >= 15 is 0 Å².